The first-order valence-corrected chi connectivity index (χ1v) is 9.36. The van der Waals surface area contributed by atoms with Crippen molar-refractivity contribution in [2.45, 2.75) is 19.8 Å². The fourth-order valence-corrected chi connectivity index (χ4v) is 3.75. The molecule has 5 rings (SSSR count). The Balaban J connectivity index is 1.46. The van der Waals surface area contributed by atoms with E-state index in [1.54, 1.807) is 0 Å². The topological polar surface area (TPSA) is 33.6 Å². The van der Waals surface area contributed by atoms with E-state index < -0.39 is 0 Å². The lowest BCUT2D eigenvalue weighted by Gasteiger charge is -2.06. The van der Waals surface area contributed by atoms with Gasteiger partial charge in [-0.3, -0.25) is 4.57 Å². The van der Waals surface area contributed by atoms with Crippen LogP contribution in [0.1, 0.15) is 16.7 Å². The minimum atomic E-state index is 1.03. The first kappa shape index (κ1) is 15.9. The third-order valence-electron chi connectivity index (χ3n) is 5.31. The molecule has 27 heavy (non-hydrogen) atoms. The molecule has 3 nitrogen and oxygen atoms in total. The number of aromatic nitrogens is 3. The van der Waals surface area contributed by atoms with E-state index in [4.69, 9.17) is 0 Å². The van der Waals surface area contributed by atoms with Crippen molar-refractivity contribution in [1.29, 1.82) is 0 Å². The van der Waals surface area contributed by atoms with Crippen molar-refractivity contribution in [1.82, 2.24) is 14.5 Å². The maximum atomic E-state index is 4.66. The fourth-order valence-electron chi connectivity index (χ4n) is 3.75. The molecule has 3 aromatic carbocycles. The third kappa shape index (κ3) is 2.91. The molecule has 0 saturated carbocycles. The van der Waals surface area contributed by atoms with Gasteiger partial charge in [0, 0.05) is 22.8 Å². The monoisotopic (exact) mass is 351 g/mol. The molecule has 0 bridgehead atoms. The summed E-state index contributed by atoms with van der Waals surface area (Å²) in [5.41, 5.74) is 8.47. The largest absolute Gasteiger partial charge is 0.361 e. The lowest BCUT2D eigenvalue weighted by atomic mass is 10.0. The van der Waals surface area contributed by atoms with Gasteiger partial charge in [-0.2, -0.15) is 0 Å². The van der Waals surface area contributed by atoms with Gasteiger partial charge in [-0.1, -0.05) is 36.4 Å². The predicted molar refractivity (Wildman–Crippen MR) is 112 cm³/mol. The second-order valence-corrected chi connectivity index (χ2v) is 7.12. The van der Waals surface area contributed by atoms with E-state index in [-0.39, 0.29) is 0 Å². The summed E-state index contributed by atoms with van der Waals surface area (Å²) < 4.78 is 2.17. The maximum absolute atomic E-state index is 4.66. The molecule has 132 valence electrons. The van der Waals surface area contributed by atoms with Crippen LogP contribution in [-0.4, -0.2) is 14.5 Å². The number of hydrogen-bond acceptors (Lipinski definition) is 1. The van der Waals surface area contributed by atoms with Gasteiger partial charge in [0.2, 0.25) is 0 Å². The second kappa shape index (κ2) is 6.44. The molecule has 2 heterocycles. The van der Waals surface area contributed by atoms with Gasteiger partial charge in [-0.15, -0.1) is 0 Å². The molecule has 0 aliphatic carbocycles. The number of H-pyrrole nitrogens is 1. The third-order valence-corrected chi connectivity index (χ3v) is 5.31. The maximum Gasteiger partial charge on any atom is 0.100 e. The number of hydrogen-bond donors (Lipinski definition) is 1. The molecule has 1 N–H and O–H groups in total. The Bertz CT molecular complexity index is 1230. The molecule has 0 saturated heterocycles. The molecule has 0 amide bonds. The minimum Gasteiger partial charge on any atom is -0.361 e. The highest BCUT2D eigenvalue weighted by Crippen LogP contribution is 2.25. The number of imidazole rings is 1. The highest BCUT2D eigenvalue weighted by Gasteiger charge is 2.08. The zero-order valence-corrected chi connectivity index (χ0v) is 15.3. The van der Waals surface area contributed by atoms with Gasteiger partial charge in [-0.25, -0.2) is 4.98 Å². The van der Waals surface area contributed by atoms with Crippen LogP contribution in [0, 0.1) is 6.92 Å². The standard InChI is InChI=1S/C24H21N3/c1-17-15-25-22-11-10-20(14-21(17)22)27-16-26-23-13-19(9-12-24(23)27)8-7-18-5-3-2-4-6-18/h2-6,9-16,25H,7-8H2,1H3. The Morgan fingerprint density at radius 3 is 2.63 bits per heavy atom. The van der Waals surface area contributed by atoms with Gasteiger partial charge in [0.05, 0.1) is 11.0 Å². The average molecular weight is 351 g/mol. The summed E-state index contributed by atoms with van der Waals surface area (Å²) in [4.78, 5) is 7.96. The number of rotatable bonds is 4. The number of nitrogens with one attached hydrogen (secondary N) is 1. The summed E-state index contributed by atoms with van der Waals surface area (Å²) in [6, 6.07) is 23.8. The summed E-state index contributed by atoms with van der Waals surface area (Å²) in [5.74, 6) is 0. The Kier molecular flexibility index (Phi) is 3.79. The lowest BCUT2D eigenvalue weighted by Crippen LogP contribution is -1.93. The highest BCUT2D eigenvalue weighted by molar-refractivity contribution is 5.86. The number of fused-ring (bicyclic) bond motifs is 2. The van der Waals surface area contributed by atoms with Crippen LogP contribution < -0.4 is 0 Å². The predicted octanol–water partition coefficient (Wildman–Crippen LogP) is 5.60. The van der Waals surface area contributed by atoms with Crippen molar-refractivity contribution in [3.8, 4) is 5.69 Å². The van der Waals surface area contributed by atoms with E-state index in [1.165, 1.54) is 27.6 Å². The van der Waals surface area contributed by atoms with Gasteiger partial charge in [0.25, 0.3) is 0 Å². The van der Waals surface area contributed by atoms with E-state index in [0.29, 0.717) is 0 Å². The molecule has 3 heteroatoms. The van der Waals surface area contributed by atoms with Crippen LogP contribution in [0.2, 0.25) is 0 Å². The highest BCUT2D eigenvalue weighted by atomic mass is 15.0. The van der Waals surface area contributed by atoms with Crippen molar-refractivity contribution in [2.75, 3.05) is 0 Å². The van der Waals surface area contributed by atoms with Gasteiger partial charge in [0.1, 0.15) is 6.33 Å². The zero-order chi connectivity index (χ0) is 18.2. The first-order valence-electron chi connectivity index (χ1n) is 9.36. The Hall–Kier alpha value is -3.33. The zero-order valence-electron chi connectivity index (χ0n) is 15.3. The van der Waals surface area contributed by atoms with Crippen molar-refractivity contribution in [2.24, 2.45) is 0 Å². The molecule has 5 aromatic rings. The van der Waals surface area contributed by atoms with Crippen molar-refractivity contribution < 1.29 is 0 Å². The molecule has 2 aromatic heterocycles. The molecule has 0 aliphatic rings. The van der Waals surface area contributed by atoms with Crippen molar-refractivity contribution in [3.63, 3.8) is 0 Å². The summed E-state index contributed by atoms with van der Waals surface area (Å²) >= 11 is 0. The second-order valence-electron chi connectivity index (χ2n) is 7.12. The van der Waals surface area contributed by atoms with Crippen LogP contribution >= 0.6 is 0 Å². The van der Waals surface area contributed by atoms with Gasteiger partial charge in [-0.05, 0) is 66.8 Å². The van der Waals surface area contributed by atoms with E-state index in [2.05, 4.69) is 94.4 Å². The van der Waals surface area contributed by atoms with Crippen LogP contribution in [0.4, 0.5) is 0 Å². The molecule has 0 atom stereocenters. The number of aromatic amines is 1. The molecular weight excluding hydrogens is 330 g/mol. The Labute approximate surface area is 158 Å². The molecule has 0 spiro atoms. The van der Waals surface area contributed by atoms with Crippen LogP contribution in [0.15, 0.2) is 79.3 Å². The Morgan fingerprint density at radius 2 is 1.74 bits per heavy atom. The lowest BCUT2D eigenvalue weighted by molar-refractivity contribution is 0.962. The smallest absolute Gasteiger partial charge is 0.100 e. The molecule has 0 aliphatic heterocycles. The number of aryl methyl sites for hydroxylation is 3. The normalized spacial score (nSPS) is 11.4. The van der Waals surface area contributed by atoms with Crippen LogP contribution in [0.3, 0.4) is 0 Å². The van der Waals surface area contributed by atoms with E-state index in [0.717, 1.165) is 29.6 Å². The van der Waals surface area contributed by atoms with Crippen molar-refractivity contribution >= 4 is 21.9 Å². The van der Waals surface area contributed by atoms with Crippen LogP contribution in [0.25, 0.3) is 27.6 Å². The van der Waals surface area contributed by atoms with Crippen LogP contribution in [-0.2, 0) is 12.8 Å². The summed E-state index contributed by atoms with van der Waals surface area (Å²) in [6.07, 6.45) is 6.06. The average Bonchev–Trinajstić information content (AvgIpc) is 3.30. The summed E-state index contributed by atoms with van der Waals surface area (Å²) in [5, 5.41) is 1.26. The number of nitrogens with zero attached hydrogens (tertiary/aromatic N) is 2. The van der Waals surface area contributed by atoms with Gasteiger partial charge < -0.3 is 4.98 Å². The molecule has 0 unspecified atom stereocenters. The van der Waals surface area contributed by atoms with E-state index in [1.807, 2.05) is 6.33 Å². The van der Waals surface area contributed by atoms with E-state index in [9.17, 15) is 0 Å². The quantitative estimate of drug-likeness (QED) is 0.449. The number of benzene rings is 3. The Morgan fingerprint density at radius 1 is 0.889 bits per heavy atom. The van der Waals surface area contributed by atoms with Crippen molar-refractivity contribution in [3.05, 3.63) is 95.9 Å². The van der Waals surface area contributed by atoms with Gasteiger partial charge in [0.15, 0.2) is 0 Å². The molecule has 0 fully saturated rings. The minimum absolute atomic E-state index is 1.03. The van der Waals surface area contributed by atoms with Crippen LogP contribution in [0.5, 0.6) is 0 Å². The van der Waals surface area contributed by atoms with E-state index >= 15 is 0 Å². The SMILES string of the molecule is Cc1c[nH]c2ccc(-n3cnc4cc(CCc5ccccc5)ccc43)cc12. The molecular formula is C24H21N3. The first-order chi connectivity index (χ1) is 13.3. The summed E-state index contributed by atoms with van der Waals surface area (Å²) in [7, 11) is 0. The summed E-state index contributed by atoms with van der Waals surface area (Å²) in [6.45, 7) is 2.13. The van der Waals surface area contributed by atoms with Gasteiger partial charge >= 0.3 is 0 Å². The molecule has 0 radical (unpaired) electrons. The fraction of sp³-hybridized carbons (Fsp3) is 0.125.